The summed E-state index contributed by atoms with van der Waals surface area (Å²) in [6, 6.07) is 13.7. The maximum atomic E-state index is 13.1. The van der Waals surface area contributed by atoms with Crippen LogP contribution in [0, 0.1) is 5.82 Å². The van der Waals surface area contributed by atoms with Crippen molar-refractivity contribution in [2.24, 2.45) is 0 Å². The van der Waals surface area contributed by atoms with E-state index in [4.69, 9.17) is 5.73 Å². The van der Waals surface area contributed by atoms with E-state index in [1.807, 2.05) is 37.3 Å². The number of rotatable bonds is 4. The van der Waals surface area contributed by atoms with Crippen LogP contribution in [0.3, 0.4) is 0 Å². The summed E-state index contributed by atoms with van der Waals surface area (Å²) in [5.74, 6) is -0.842. The highest BCUT2D eigenvalue weighted by atomic mass is 19.1. The number of hydrogen-bond acceptors (Lipinski definition) is 2. The molecule has 0 aliphatic carbocycles. The number of carbonyl (C=O) groups is 1. The number of anilines is 2. The molecule has 0 saturated carbocycles. The molecule has 1 unspecified atom stereocenters. The molecule has 0 aliphatic rings. The van der Waals surface area contributed by atoms with E-state index in [1.54, 1.807) is 0 Å². The molecular weight excluding hydrogens is 255 g/mol. The van der Waals surface area contributed by atoms with Crippen molar-refractivity contribution >= 4 is 17.3 Å². The van der Waals surface area contributed by atoms with Gasteiger partial charge < -0.3 is 11.1 Å². The van der Waals surface area contributed by atoms with Gasteiger partial charge >= 0.3 is 0 Å². The molecule has 0 fully saturated rings. The second kappa shape index (κ2) is 6.19. The molecule has 20 heavy (non-hydrogen) atoms. The average molecular weight is 272 g/mol. The van der Waals surface area contributed by atoms with Crippen LogP contribution in [0.4, 0.5) is 15.8 Å². The van der Waals surface area contributed by atoms with Crippen molar-refractivity contribution in [3.63, 3.8) is 0 Å². The molecule has 3 nitrogen and oxygen atoms in total. The van der Waals surface area contributed by atoms with Crippen molar-refractivity contribution in [3.8, 4) is 0 Å². The lowest BCUT2D eigenvalue weighted by atomic mass is 9.95. The minimum Gasteiger partial charge on any atom is -0.396 e. The zero-order valence-corrected chi connectivity index (χ0v) is 11.3. The minimum absolute atomic E-state index is 0.0237. The first kappa shape index (κ1) is 14.1. The monoisotopic (exact) mass is 272 g/mol. The van der Waals surface area contributed by atoms with E-state index in [1.165, 1.54) is 18.2 Å². The van der Waals surface area contributed by atoms with Gasteiger partial charge in [-0.05, 0) is 30.2 Å². The minimum atomic E-state index is -0.488. The van der Waals surface area contributed by atoms with E-state index in [0.717, 1.165) is 5.56 Å². The summed E-state index contributed by atoms with van der Waals surface area (Å²) in [4.78, 5) is 12.3. The normalized spacial score (nSPS) is 11.9. The number of carbonyl (C=O) groups excluding carboxylic acids is 1. The smallest absolute Gasteiger partial charge is 0.231 e. The third-order valence-corrected chi connectivity index (χ3v) is 3.19. The molecule has 104 valence electrons. The summed E-state index contributed by atoms with van der Waals surface area (Å²) in [7, 11) is 0. The van der Waals surface area contributed by atoms with Gasteiger partial charge in [-0.15, -0.1) is 0 Å². The lowest BCUT2D eigenvalue weighted by molar-refractivity contribution is -0.117. The van der Waals surface area contributed by atoms with Crippen LogP contribution in [-0.2, 0) is 4.79 Å². The van der Waals surface area contributed by atoms with Crippen LogP contribution in [-0.4, -0.2) is 5.91 Å². The van der Waals surface area contributed by atoms with Gasteiger partial charge in [0.05, 0.1) is 11.6 Å². The van der Waals surface area contributed by atoms with Gasteiger partial charge in [0.2, 0.25) is 5.91 Å². The molecule has 2 aromatic carbocycles. The molecule has 0 bridgehead atoms. The number of halogens is 1. The first-order chi connectivity index (χ1) is 9.61. The van der Waals surface area contributed by atoms with Gasteiger partial charge in [-0.1, -0.05) is 37.3 Å². The topological polar surface area (TPSA) is 55.1 Å². The second-order valence-electron chi connectivity index (χ2n) is 4.60. The number of hydrogen-bond donors (Lipinski definition) is 2. The predicted octanol–water partition coefficient (Wildman–Crippen LogP) is 3.54. The summed E-state index contributed by atoms with van der Waals surface area (Å²) < 4.78 is 13.1. The van der Waals surface area contributed by atoms with Gasteiger partial charge in [-0.3, -0.25) is 4.79 Å². The zero-order valence-electron chi connectivity index (χ0n) is 11.3. The average Bonchev–Trinajstić information content (AvgIpc) is 2.45. The fourth-order valence-electron chi connectivity index (χ4n) is 2.11. The summed E-state index contributed by atoms with van der Waals surface area (Å²) in [6.45, 7) is 1.95. The van der Waals surface area contributed by atoms with E-state index < -0.39 is 5.82 Å². The fraction of sp³-hybridized carbons (Fsp3) is 0.188. The van der Waals surface area contributed by atoms with Crippen LogP contribution in [0.15, 0.2) is 48.5 Å². The molecular formula is C16H17FN2O. The summed E-state index contributed by atoms with van der Waals surface area (Å²) in [6.07, 6.45) is 0.687. The van der Waals surface area contributed by atoms with Crippen molar-refractivity contribution in [1.29, 1.82) is 0 Å². The molecule has 1 atom stereocenters. The van der Waals surface area contributed by atoms with Crippen molar-refractivity contribution in [2.75, 3.05) is 11.1 Å². The Morgan fingerprint density at radius 3 is 2.55 bits per heavy atom. The Morgan fingerprint density at radius 2 is 1.95 bits per heavy atom. The number of nitrogens with one attached hydrogen (secondary N) is 1. The van der Waals surface area contributed by atoms with Crippen LogP contribution in [0.25, 0.3) is 0 Å². The van der Waals surface area contributed by atoms with Crippen LogP contribution >= 0.6 is 0 Å². The molecule has 3 N–H and O–H groups in total. The molecule has 4 heteroatoms. The van der Waals surface area contributed by atoms with Crippen molar-refractivity contribution in [2.45, 2.75) is 19.3 Å². The van der Waals surface area contributed by atoms with E-state index in [-0.39, 0.29) is 17.5 Å². The Morgan fingerprint density at radius 1 is 1.25 bits per heavy atom. The van der Waals surface area contributed by atoms with Crippen LogP contribution < -0.4 is 11.1 Å². The van der Waals surface area contributed by atoms with Gasteiger partial charge in [-0.2, -0.15) is 0 Å². The Balaban J connectivity index is 2.15. The van der Waals surface area contributed by atoms with Gasteiger partial charge in [-0.25, -0.2) is 4.39 Å². The Labute approximate surface area is 117 Å². The Kier molecular flexibility index (Phi) is 4.35. The highest BCUT2D eigenvalue weighted by molar-refractivity contribution is 5.96. The van der Waals surface area contributed by atoms with E-state index in [2.05, 4.69) is 5.32 Å². The van der Waals surface area contributed by atoms with Crippen molar-refractivity contribution in [3.05, 3.63) is 59.9 Å². The second-order valence-corrected chi connectivity index (χ2v) is 4.60. The van der Waals surface area contributed by atoms with Gasteiger partial charge in [0.15, 0.2) is 0 Å². The molecule has 0 saturated heterocycles. The molecule has 1 amide bonds. The number of nitrogens with two attached hydrogens (primary N) is 1. The van der Waals surface area contributed by atoms with Gasteiger partial charge in [0, 0.05) is 5.69 Å². The summed E-state index contributed by atoms with van der Waals surface area (Å²) >= 11 is 0. The van der Waals surface area contributed by atoms with Crippen LogP contribution in [0.2, 0.25) is 0 Å². The molecule has 2 aromatic rings. The van der Waals surface area contributed by atoms with E-state index in [0.29, 0.717) is 12.1 Å². The quantitative estimate of drug-likeness (QED) is 0.836. The maximum Gasteiger partial charge on any atom is 0.231 e. The maximum absolute atomic E-state index is 13.1. The Bertz CT molecular complexity index is 599. The van der Waals surface area contributed by atoms with Gasteiger partial charge in [0.25, 0.3) is 0 Å². The highest BCUT2D eigenvalue weighted by Crippen LogP contribution is 2.23. The van der Waals surface area contributed by atoms with E-state index >= 15 is 0 Å². The number of amides is 1. The van der Waals surface area contributed by atoms with Crippen LogP contribution in [0.1, 0.15) is 24.8 Å². The van der Waals surface area contributed by atoms with Gasteiger partial charge in [0.1, 0.15) is 5.82 Å². The molecule has 2 rings (SSSR count). The third kappa shape index (κ3) is 3.15. The predicted molar refractivity (Wildman–Crippen MR) is 78.9 cm³/mol. The SMILES string of the molecule is CCC(C(=O)Nc1ccc(F)c(N)c1)c1ccccc1. The summed E-state index contributed by atoms with van der Waals surface area (Å²) in [5, 5.41) is 2.77. The van der Waals surface area contributed by atoms with Crippen molar-refractivity contribution < 1.29 is 9.18 Å². The van der Waals surface area contributed by atoms with Crippen LogP contribution in [0.5, 0.6) is 0 Å². The lowest BCUT2D eigenvalue weighted by Gasteiger charge is -2.15. The molecule has 0 spiro atoms. The highest BCUT2D eigenvalue weighted by Gasteiger charge is 2.18. The standard InChI is InChI=1S/C16H17FN2O/c1-2-13(11-6-4-3-5-7-11)16(20)19-12-8-9-14(17)15(18)10-12/h3-10,13H,2,18H2,1H3,(H,19,20). The van der Waals surface area contributed by atoms with E-state index in [9.17, 15) is 9.18 Å². The van der Waals surface area contributed by atoms with Crippen molar-refractivity contribution in [1.82, 2.24) is 0 Å². The molecule has 0 heterocycles. The Hall–Kier alpha value is -2.36. The lowest BCUT2D eigenvalue weighted by Crippen LogP contribution is -2.20. The zero-order chi connectivity index (χ0) is 14.5. The molecule has 0 radical (unpaired) electrons. The molecule has 0 aromatic heterocycles. The summed E-state index contributed by atoms with van der Waals surface area (Å²) in [5.41, 5.74) is 6.98. The number of benzene rings is 2. The first-order valence-electron chi connectivity index (χ1n) is 6.52. The first-order valence-corrected chi connectivity index (χ1v) is 6.52. The largest absolute Gasteiger partial charge is 0.396 e. The number of nitrogen functional groups attached to an aromatic ring is 1. The molecule has 0 aliphatic heterocycles. The fourth-order valence-corrected chi connectivity index (χ4v) is 2.11. The third-order valence-electron chi connectivity index (χ3n) is 3.19.